The Morgan fingerprint density at radius 2 is 2.00 bits per heavy atom. The quantitative estimate of drug-likeness (QED) is 0.685. The lowest BCUT2D eigenvalue weighted by molar-refractivity contribution is -0.384. The number of amides is 1. The van der Waals surface area contributed by atoms with Gasteiger partial charge in [-0.2, -0.15) is 0 Å². The van der Waals surface area contributed by atoms with E-state index >= 15 is 0 Å². The van der Waals surface area contributed by atoms with Crippen molar-refractivity contribution in [1.82, 2.24) is 5.32 Å². The van der Waals surface area contributed by atoms with E-state index in [9.17, 15) is 14.9 Å². The molecule has 1 fully saturated rings. The van der Waals surface area contributed by atoms with E-state index in [1.165, 1.54) is 12.1 Å². The Morgan fingerprint density at radius 3 is 2.52 bits per heavy atom. The zero-order chi connectivity index (χ0) is 15.6. The van der Waals surface area contributed by atoms with E-state index in [2.05, 4.69) is 19.2 Å². The number of likely N-dealkylation sites (N-methyl/N-ethyl adjacent to an activating group) is 1. The summed E-state index contributed by atoms with van der Waals surface area (Å²) in [4.78, 5) is 24.4. The number of nitro groups is 1. The fourth-order valence-electron chi connectivity index (χ4n) is 2.75. The fourth-order valence-corrected chi connectivity index (χ4v) is 2.75. The summed E-state index contributed by atoms with van der Waals surface area (Å²) in [6.45, 7) is 5.02. The van der Waals surface area contributed by atoms with Crippen LogP contribution < -0.4 is 10.2 Å². The Kier molecular flexibility index (Phi) is 4.27. The lowest BCUT2D eigenvalue weighted by Crippen LogP contribution is -2.56. The molecule has 0 aromatic heterocycles. The molecule has 1 aliphatic rings. The van der Waals surface area contributed by atoms with Gasteiger partial charge in [0.25, 0.3) is 5.69 Å². The summed E-state index contributed by atoms with van der Waals surface area (Å²) in [7, 11) is 1.70. The van der Waals surface area contributed by atoms with Gasteiger partial charge in [0.1, 0.15) is 0 Å². The number of piperidine rings is 1. The van der Waals surface area contributed by atoms with Gasteiger partial charge in [0.15, 0.2) is 0 Å². The third-order valence-electron chi connectivity index (χ3n) is 4.15. The van der Waals surface area contributed by atoms with Gasteiger partial charge >= 0.3 is 0 Å². The Hall–Kier alpha value is -1.95. The number of hydrogen-bond acceptors (Lipinski definition) is 4. The minimum absolute atomic E-state index is 0.00597. The average molecular weight is 291 g/mol. The van der Waals surface area contributed by atoms with Crippen LogP contribution in [-0.2, 0) is 4.79 Å². The fraction of sp³-hybridized carbons (Fsp3) is 0.533. The molecule has 1 amide bonds. The molecule has 1 aromatic carbocycles. The molecule has 1 atom stereocenters. The molecular weight excluding hydrogens is 270 g/mol. The second kappa shape index (κ2) is 5.81. The first-order valence-electron chi connectivity index (χ1n) is 7.08. The van der Waals surface area contributed by atoms with Crippen LogP contribution in [0.4, 0.5) is 11.4 Å². The third kappa shape index (κ3) is 3.21. The number of anilines is 1. The van der Waals surface area contributed by atoms with Gasteiger partial charge in [-0.15, -0.1) is 0 Å². The normalized spacial score (nSPS) is 20.8. The molecule has 0 aliphatic carbocycles. The third-order valence-corrected chi connectivity index (χ3v) is 4.15. The van der Waals surface area contributed by atoms with Crippen molar-refractivity contribution in [2.45, 2.75) is 32.7 Å². The summed E-state index contributed by atoms with van der Waals surface area (Å²) in [5.41, 5.74) is 0.592. The number of benzene rings is 1. The number of hydrogen-bond donors (Lipinski definition) is 1. The molecule has 114 valence electrons. The van der Waals surface area contributed by atoms with Crippen molar-refractivity contribution in [2.24, 2.45) is 5.41 Å². The highest BCUT2D eigenvalue weighted by atomic mass is 16.6. The van der Waals surface area contributed by atoms with E-state index in [1.54, 1.807) is 24.1 Å². The number of nitrogens with one attached hydrogen (secondary N) is 1. The number of carbonyl (C=O) groups excluding carboxylic acids is 1. The van der Waals surface area contributed by atoms with Gasteiger partial charge in [0.2, 0.25) is 5.91 Å². The minimum atomic E-state index is -0.447. The van der Waals surface area contributed by atoms with Gasteiger partial charge in [0.05, 0.1) is 11.0 Å². The van der Waals surface area contributed by atoms with E-state index in [-0.39, 0.29) is 23.1 Å². The molecule has 21 heavy (non-hydrogen) atoms. The number of non-ortho nitro benzene ring substituents is 1. The van der Waals surface area contributed by atoms with Crippen LogP contribution in [0.3, 0.4) is 0 Å². The Morgan fingerprint density at radius 1 is 1.38 bits per heavy atom. The van der Waals surface area contributed by atoms with E-state index in [4.69, 9.17) is 0 Å². The van der Waals surface area contributed by atoms with Gasteiger partial charge in [-0.1, -0.05) is 13.8 Å². The van der Waals surface area contributed by atoms with Crippen LogP contribution in [0.2, 0.25) is 0 Å². The second-order valence-corrected chi connectivity index (χ2v) is 6.15. The molecule has 1 saturated heterocycles. The highest BCUT2D eigenvalue weighted by molar-refractivity contribution is 5.97. The van der Waals surface area contributed by atoms with E-state index in [0.29, 0.717) is 5.69 Å². The van der Waals surface area contributed by atoms with Gasteiger partial charge in [0, 0.05) is 24.9 Å². The number of nitro benzene ring substituents is 1. The molecule has 0 saturated carbocycles. The van der Waals surface area contributed by atoms with E-state index in [0.717, 1.165) is 19.4 Å². The van der Waals surface area contributed by atoms with Crippen LogP contribution in [0.25, 0.3) is 0 Å². The number of carbonyl (C=O) groups is 1. The molecule has 1 aromatic rings. The SMILES string of the molecule is CN(C(=O)C1NCCCC1(C)C)c1ccc([N+](=O)[O-])cc1. The standard InChI is InChI=1S/C15H21N3O3/c1-15(2)9-4-10-16-13(15)14(19)17(3)11-5-7-12(8-6-11)18(20)21/h5-8,13,16H,4,9-10H2,1-3H3. The van der Waals surface area contributed by atoms with Crippen LogP contribution in [0.5, 0.6) is 0 Å². The van der Waals surface area contributed by atoms with Crippen molar-refractivity contribution in [1.29, 1.82) is 0 Å². The molecule has 2 rings (SSSR count). The van der Waals surface area contributed by atoms with Crippen molar-refractivity contribution in [3.05, 3.63) is 34.4 Å². The van der Waals surface area contributed by atoms with Crippen LogP contribution in [0, 0.1) is 15.5 Å². The lowest BCUT2D eigenvalue weighted by Gasteiger charge is -2.40. The van der Waals surface area contributed by atoms with Gasteiger partial charge < -0.3 is 10.2 Å². The van der Waals surface area contributed by atoms with Crippen molar-refractivity contribution >= 4 is 17.3 Å². The van der Waals surface area contributed by atoms with E-state index in [1.807, 2.05) is 0 Å². The minimum Gasteiger partial charge on any atom is -0.314 e. The zero-order valence-electron chi connectivity index (χ0n) is 12.6. The molecule has 6 nitrogen and oxygen atoms in total. The molecule has 6 heteroatoms. The Labute approximate surface area is 124 Å². The molecule has 1 N–H and O–H groups in total. The predicted octanol–water partition coefficient (Wildman–Crippen LogP) is 2.34. The van der Waals surface area contributed by atoms with Crippen molar-refractivity contribution in [3.63, 3.8) is 0 Å². The second-order valence-electron chi connectivity index (χ2n) is 6.15. The van der Waals surface area contributed by atoms with Gasteiger partial charge in [-0.25, -0.2) is 0 Å². The topological polar surface area (TPSA) is 75.5 Å². The molecule has 1 unspecified atom stereocenters. The molecular formula is C15H21N3O3. The summed E-state index contributed by atoms with van der Waals surface area (Å²) in [6.07, 6.45) is 2.07. The molecule has 1 heterocycles. The zero-order valence-corrected chi connectivity index (χ0v) is 12.6. The Balaban J connectivity index is 2.16. The van der Waals surface area contributed by atoms with Gasteiger partial charge in [-0.05, 0) is 36.9 Å². The van der Waals surface area contributed by atoms with Crippen LogP contribution in [-0.4, -0.2) is 30.5 Å². The molecule has 0 bridgehead atoms. The highest BCUT2D eigenvalue weighted by Gasteiger charge is 2.38. The van der Waals surface area contributed by atoms with Crippen LogP contribution >= 0.6 is 0 Å². The van der Waals surface area contributed by atoms with Crippen molar-refractivity contribution in [2.75, 3.05) is 18.5 Å². The van der Waals surface area contributed by atoms with Crippen LogP contribution in [0.1, 0.15) is 26.7 Å². The Bertz CT molecular complexity index is 540. The predicted molar refractivity (Wildman–Crippen MR) is 81.3 cm³/mol. The average Bonchev–Trinajstić information content (AvgIpc) is 2.45. The monoisotopic (exact) mass is 291 g/mol. The number of rotatable bonds is 3. The summed E-state index contributed by atoms with van der Waals surface area (Å²) < 4.78 is 0. The first kappa shape index (κ1) is 15.4. The summed E-state index contributed by atoms with van der Waals surface area (Å²) in [5, 5.41) is 14.0. The summed E-state index contributed by atoms with van der Waals surface area (Å²) in [5.74, 6) is -0.00597. The summed E-state index contributed by atoms with van der Waals surface area (Å²) in [6, 6.07) is 5.81. The van der Waals surface area contributed by atoms with E-state index < -0.39 is 4.92 Å². The smallest absolute Gasteiger partial charge is 0.269 e. The van der Waals surface area contributed by atoms with Gasteiger partial charge in [-0.3, -0.25) is 14.9 Å². The first-order chi connectivity index (χ1) is 9.83. The maximum Gasteiger partial charge on any atom is 0.269 e. The molecule has 0 radical (unpaired) electrons. The first-order valence-corrected chi connectivity index (χ1v) is 7.08. The maximum atomic E-state index is 12.7. The van der Waals surface area contributed by atoms with Crippen molar-refractivity contribution in [3.8, 4) is 0 Å². The molecule has 1 aliphatic heterocycles. The van der Waals surface area contributed by atoms with Crippen LogP contribution in [0.15, 0.2) is 24.3 Å². The lowest BCUT2D eigenvalue weighted by atomic mass is 9.77. The highest BCUT2D eigenvalue weighted by Crippen LogP contribution is 2.32. The summed E-state index contributed by atoms with van der Waals surface area (Å²) >= 11 is 0. The maximum absolute atomic E-state index is 12.7. The number of nitrogens with zero attached hydrogens (tertiary/aromatic N) is 2. The molecule has 0 spiro atoms. The van der Waals surface area contributed by atoms with Crippen molar-refractivity contribution < 1.29 is 9.72 Å². The largest absolute Gasteiger partial charge is 0.314 e.